The first kappa shape index (κ1) is 9.38. The summed E-state index contributed by atoms with van der Waals surface area (Å²) in [5, 5.41) is 9.14. The molecule has 0 fully saturated rings. The number of nitrogens with zero attached hydrogens (tertiary/aromatic N) is 1. The first-order valence-corrected chi connectivity index (χ1v) is 4.02. The second-order valence-electron chi connectivity index (χ2n) is 2.73. The third kappa shape index (κ3) is 3.46. The van der Waals surface area contributed by atoms with Gasteiger partial charge >= 0.3 is 0 Å². The molecule has 0 atom stereocenters. The van der Waals surface area contributed by atoms with Crippen LogP contribution in [-0.4, -0.2) is 17.6 Å². The van der Waals surface area contributed by atoms with Crippen LogP contribution in [0.3, 0.4) is 0 Å². The zero-order valence-electron chi connectivity index (χ0n) is 7.27. The Morgan fingerprint density at radius 3 is 2.77 bits per heavy atom. The van der Waals surface area contributed by atoms with E-state index in [4.69, 9.17) is 16.6 Å². The van der Waals surface area contributed by atoms with Crippen LogP contribution in [0.25, 0.3) is 0 Å². The molecule has 4 heteroatoms. The maximum atomic E-state index is 9.14. The van der Waals surface area contributed by atoms with Crippen LogP contribution >= 0.6 is 0 Å². The van der Waals surface area contributed by atoms with Gasteiger partial charge in [-0.3, -0.25) is 4.99 Å². The highest BCUT2D eigenvalue weighted by atomic mass is 16.3. The minimum absolute atomic E-state index is 0.0974. The van der Waals surface area contributed by atoms with Gasteiger partial charge in [0.05, 0.1) is 0 Å². The van der Waals surface area contributed by atoms with E-state index in [2.05, 4.69) is 4.99 Å². The number of phenols is 1. The van der Waals surface area contributed by atoms with Crippen molar-refractivity contribution in [3.8, 4) is 5.75 Å². The topological polar surface area (TPSA) is 84.6 Å². The van der Waals surface area contributed by atoms with E-state index in [-0.39, 0.29) is 11.7 Å². The molecule has 5 N–H and O–H groups in total. The molecule has 0 radical (unpaired) electrons. The highest BCUT2D eigenvalue weighted by Crippen LogP contribution is 2.10. The number of rotatable bonds is 3. The molecular weight excluding hydrogens is 165 g/mol. The van der Waals surface area contributed by atoms with Gasteiger partial charge in [0.25, 0.3) is 0 Å². The molecule has 0 bridgehead atoms. The predicted octanol–water partition coefficient (Wildman–Crippen LogP) is 0.208. The van der Waals surface area contributed by atoms with Crippen molar-refractivity contribution in [3.05, 3.63) is 29.8 Å². The minimum atomic E-state index is 0.0974. The van der Waals surface area contributed by atoms with Crippen molar-refractivity contribution < 1.29 is 5.11 Å². The van der Waals surface area contributed by atoms with E-state index in [1.807, 2.05) is 6.07 Å². The Morgan fingerprint density at radius 2 is 2.15 bits per heavy atom. The number of hydrogen-bond acceptors (Lipinski definition) is 2. The van der Waals surface area contributed by atoms with Crippen LogP contribution in [0.5, 0.6) is 5.75 Å². The molecule has 0 saturated carbocycles. The standard InChI is InChI=1S/C9H13N3O/c10-9(11)12-5-4-7-2-1-3-8(13)6-7/h1-3,6,13H,4-5H2,(H4,10,11,12)/i9-1. The number of nitrogens with two attached hydrogens (primary N) is 2. The Morgan fingerprint density at radius 1 is 1.38 bits per heavy atom. The van der Waals surface area contributed by atoms with E-state index >= 15 is 0 Å². The summed E-state index contributed by atoms with van der Waals surface area (Å²) in [6, 6.07) is 7.04. The summed E-state index contributed by atoms with van der Waals surface area (Å²) in [6.45, 7) is 0.547. The SMILES string of the molecule is N[11C](N)=NCCc1cccc(O)c1. The van der Waals surface area contributed by atoms with E-state index < -0.39 is 0 Å². The lowest BCUT2D eigenvalue weighted by molar-refractivity contribution is 0.474. The molecule has 1 aromatic rings. The zero-order valence-corrected chi connectivity index (χ0v) is 7.27. The van der Waals surface area contributed by atoms with Crippen molar-refractivity contribution in [3.63, 3.8) is 0 Å². The Kier molecular flexibility index (Phi) is 3.14. The Hall–Kier alpha value is -1.71. The van der Waals surface area contributed by atoms with Crippen LogP contribution in [0.15, 0.2) is 29.3 Å². The summed E-state index contributed by atoms with van der Waals surface area (Å²) < 4.78 is 0. The van der Waals surface area contributed by atoms with E-state index in [1.165, 1.54) is 0 Å². The molecule has 0 spiro atoms. The third-order valence-corrected chi connectivity index (χ3v) is 1.61. The molecule has 1 aromatic carbocycles. The highest BCUT2D eigenvalue weighted by molar-refractivity contribution is 5.75. The summed E-state index contributed by atoms with van der Waals surface area (Å²) in [5.74, 6) is 0.363. The molecule has 13 heavy (non-hydrogen) atoms. The highest BCUT2D eigenvalue weighted by Gasteiger charge is 1.93. The smallest absolute Gasteiger partial charge is 0.185 e. The Balaban J connectivity index is 2.50. The number of hydrogen-bond donors (Lipinski definition) is 3. The summed E-state index contributed by atoms with van der Waals surface area (Å²) in [6.07, 6.45) is 0.728. The Bertz CT molecular complexity index is 305. The first-order valence-electron chi connectivity index (χ1n) is 4.02. The van der Waals surface area contributed by atoms with Gasteiger partial charge in [-0.05, 0) is 24.1 Å². The van der Waals surface area contributed by atoms with Crippen molar-refractivity contribution in [1.29, 1.82) is 0 Å². The van der Waals surface area contributed by atoms with Gasteiger partial charge in [0, 0.05) is 6.54 Å². The normalized spacial score (nSPS) is 9.54. The van der Waals surface area contributed by atoms with Crippen LogP contribution in [-0.2, 0) is 6.42 Å². The molecule has 1 rings (SSSR count). The van der Waals surface area contributed by atoms with E-state index in [0.29, 0.717) is 6.54 Å². The predicted molar refractivity (Wildman–Crippen MR) is 52.5 cm³/mol. The average molecular weight is 178 g/mol. The van der Waals surface area contributed by atoms with Gasteiger partial charge in [-0.2, -0.15) is 0 Å². The summed E-state index contributed by atoms with van der Waals surface area (Å²) in [4.78, 5) is 3.84. The van der Waals surface area contributed by atoms with E-state index in [0.717, 1.165) is 12.0 Å². The lowest BCUT2D eigenvalue weighted by Gasteiger charge is -1.98. The number of benzene rings is 1. The van der Waals surface area contributed by atoms with Crippen molar-refractivity contribution >= 4 is 5.96 Å². The Labute approximate surface area is 76.9 Å². The van der Waals surface area contributed by atoms with Crippen LogP contribution in [0.2, 0.25) is 0 Å². The molecular formula is C9H13N3O. The van der Waals surface area contributed by atoms with Gasteiger partial charge in [-0.25, -0.2) is 0 Å². The third-order valence-electron chi connectivity index (χ3n) is 1.61. The monoisotopic (exact) mass is 178 g/mol. The molecule has 0 aliphatic heterocycles. The lowest BCUT2D eigenvalue weighted by atomic mass is 10.1. The van der Waals surface area contributed by atoms with Crippen LogP contribution < -0.4 is 11.5 Å². The zero-order chi connectivity index (χ0) is 9.68. The van der Waals surface area contributed by atoms with Gasteiger partial charge in [-0.15, -0.1) is 0 Å². The molecule has 0 aliphatic carbocycles. The lowest BCUT2D eigenvalue weighted by Crippen LogP contribution is -2.23. The molecule has 0 unspecified atom stereocenters. The number of aliphatic imine (C=N–C) groups is 1. The molecule has 0 amide bonds. The maximum Gasteiger partial charge on any atom is 0.185 e. The first-order chi connectivity index (χ1) is 6.18. The minimum Gasteiger partial charge on any atom is -0.508 e. The molecule has 70 valence electrons. The number of guanidine groups is 1. The maximum absolute atomic E-state index is 9.14. The molecule has 0 saturated heterocycles. The van der Waals surface area contributed by atoms with Crippen LogP contribution in [0.4, 0.5) is 0 Å². The van der Waals surface area contributed by atoms with Crippen molar-refractivity contribution in [2.75, 3.05) is 6.54 Å². The second-order valence-corrected chi connectivity index (χ2v) is 2.73. The van der Waals surface area contributed by atoms with Gasteiger partial charge in [0.15, 0.2) is 5.96 Å². The average Bonchev–Trinajstić information content (AvgIpc) is 2.03. The molecule has 4 nitrogen and oxygen atoms in total. The molecule has 0 aliphatic rings. The van der Waals surface area contributed by atoms with Crippen LogP contribution in [0.1, 0.15) is 5.56 Å². The summed E-state index contributed by atoms with van der Waals surface area (Å²) in [7, 11) is 0. The largest absolute Gasteiger partial charge is 0.508 e. The molecule has 0 heterocycles. The van der Waals surface area contributed by atoms with Gasteiger partial charge in [0.1, 0.15) is 5.75 Å². The van der Waals surface area contributed by atoms with Crippen molar-refractivity contribution in [1.82, 2.24) is 0 Å². The number of aromatic hydroxyl groups is 1. The van der Waals surface area contributed by atoms with E-state index in [1.54, 1.807) is 18.2 Å². The second kappa shape index (κ2) is 4.35. The molecule has 0 aromatic heterocycles. The summed E-state index contributed by atoms with van der Waals surface area (Å²) in [5.41, 5.74) is 11.3. The van der Waals surface area contributed by atoms with Crippen molar-refractivity contribution in [2.45, 2.75) is 6.42 Å². The van der Waals surface area contributed by atoms with E-state index in [9.17, 15) is 0 Å². The quantitative estimate of drug-likeness (QED) is 0.457. The summed E-state index contributed by atoms with van der Waals surface area (Å²) >= 11 is 0. The number of phenolic OH excluding ortho intramolecular Hbond substituents is 1. The van der Waals surface area contributed by atoms with Crippen molar-refractivity contribution in [2.24, 2.45) is 16.5 Å². The van der Waals surface area contributed by atoms with Gasteiger partial charge < -0.3 is 16.6 Å². The fraction of sp³-hybridized carbons (Fsp3) is 0.222. The van der Waals surface area contributed by atoms with Gasteiger partial charge in [-0.1, -0.05) is 12.1 Å². The van der Waals surface area contributed by atoms with Gasteiger partial charge in [0.2, 0.25) is 0 Å². The fourth-order valence-electron chi connectivity index (χ4n) is 1.03. The fourth-order valence-corrected chi connectivity index (χ4v) is 1.03. The van der Waals surface area contributed by atoms with Crippen LogP contribution in [0, 0.1) is 0 Å².